The van der Waals surface area contributed by atoms with Crippen LogP contribution in [-0.2, 0) is 0 Å². The van der Waals surface area contributed by atoms with E-state index in [0.29, 0.717) is 10.8 Å². The quantitative estimate of drug-likeness (QED) is 0.648. The lowest BCUT2D eigenvalue weighted by Gasteiger charge is -2.24. The zero-order valence-electron chi connectivity index (χ0n) is 8.64. The molecule has 1 nitrogen and oxygen atoms in total. The molecule has 0 saturated carbocycles. The second-order valence-electron chi connectivity index (χ2n) is 4.24. The lowest BCUT2D eigenvalue weighted by molar-refractivity contribution is 0.339. The van der Waals surface area contributed by atoms with E-state index < -0.39 is 0 Å². The smallest absolute Gasteiger partial charge is 0.0152 e. The molecule has 0 aliphatic carbocycles. The molecule has 2 heteroatoms. The van der Waals surface area contributed by atoms with Gasteiger partial charge in [0.05, 0.1) is 0 Å². The van der Waals surface area contributed by atoms with Gasteiger partial charge in [0.15, 0.2) is 0 Å². The highest BCUT2D eigenvalue weighted by atomic mass is 32.2. The molecule has 1 atom stereocenters. The first kappa shape index (κ1) is 11.3. The first-order valence-corrected chi connectivity index (χ1v) is 5.12. The van der Waals surface area contributed by atoms with Crippen LogP contribution >= 0.6 is 11.8 Å². The van der Waals surface area contributed by atoms with E-state index in [4.69, 9.17) is 0 Å². The van der Waals surface area contributed by atoms with Gasteiger partial charge in [-0.15, -0.1) is 0 Å². The number of hydrogen-bond acceptors (Lipinski definition) is 2. The maximum Gasteiger partial charge on any atom is 0.0152 e. The molecule has 0 amide bonds. The Kier molecular flexibility index (Phi) is 4.49. The summed E-state index contributed by atoms with van der Waals surface area (Å²) in [6, 6.07) is 0.680. The zero-order chi connectivity index (χ0) is 9.07. The van der Waals surface area contributed by atoms with Crippen molar-refractivity contribution in [2.45, 2.75) is 38.5 Å². The van der Waals surface area contributed by atoms with Crippen molar-refractivity contribution in [3.8, 4) is 0 Å². The fraction of sp³-hybridized carbons (Fsp3) is 1.00. The summed E-state index contributed by atoms with van der Waals surface area (Å²) >= 11 is 2.03. The lowest BCUT2D eigenvalue weighted by atomic mass is 10.3. The van der Waals surface area contributed by atoms with Crippen LogP contribution in [0.5, 0.6) is 0 Å². The summed E-state index contributed by atoms with van der Waals surface area (Å²) in [5.41, 5.74) is 0. The van der Waals surface area contributed by atoms with Crippen LogP contribution in [0.3, 0.4) is 0 Å². The van der Waals surface area contributed by atoms with Gasteiger partial charge in [-0.2, -0.15) is 11.8 Å². The first-order chi connectivity index (χ1) is 4.83. The summed E-state index contributed by atoms with van der Waals surface area (Å²) in [6.45, 7) is 9.05. The Hall–Kier alpha value is 0.310. The van der Waals surface area contributed by atoms with Gasteiger partial charge in [0.25, 0.3) is 0 Å². The molecule has 0 aliphatic rings. The zero-order valence-corrected chi connectivity index (χ0v) is 9.46. The third kappa shape index (κ3) is 6.70. The summed E-state index contributed by atoms with van der Waals surface area (Å²) in [7, 11) is 4.27. The number of nitrogens with zero attached hydrogens (tertiary/aromatic N) is 1. The molecule has 0 spiro atoms. The molecule has 0 fully saturated rings. The second kappa shape index (κ2) is 4.36. The predicted molar refractivity (Wildman–Crippen MR) is 55.4 cm³/mol. The Balaban J connectivity index is 3.54. The van der Waals surface area contributed by atoms with E-state index in [1.165, 1.54) is 5.75 Å². The molecule has 0 unspecified atom stereocenters. The highest BCUT2D eigenvalue weighted by Crippen LogP contribution is 2.24. The minimum absolute atomic E-state index is 0.407. The molecule has 68 valence electrons. The fourth-order valence-electron chi connectivity index (χ4n) is 0.520. The van der Waals surface area contributed by atoms with Gasteiger partial charge in [0, 0.05) is 16.5 Å². The van der Waals surface area contributed by atoms with Crippen LogP contribution in [0.15, 0.2) is 0 Å². The van der Waals surface area contributed by atoms with Gasteiger partial charge in [-0.05, 0) is 21.0 Å². The van der Waals surface area contributed by atoms with Gasteiger partial charge in [-0.25, -0.2) is 0 Å². The Labute approximate surface area is 75.5 Å². The van der Waals surface area contributed by atoms with Crippen LogP contribution < -0.4 is 0 Å². The van der Waals surface area contributed by atoms with Gasteiger partial charge < -0.3 is 4.90 Å². The molecule has 0 N–H and O–H groups in total. The molecule has 0 radical (unpaired) electrons. The van der Waals surface area contributed by atoms with E-state index in [0.717, 1.165) is 0 Å². The SMILES string of the molecule is C[C@H](CSC(C)(C)C)N(C)C. The Morgan fingerprint density at radius 2 is 1.73 bits per heavy atom. The van der Waals surface area contributed by atoms with Crippen molar-refractivity contribution in [1.82, 2.24) is 4.90 Å². The van der Waals surface area contributed by atoms with Gasteiger partial charge in [0.1, 0.15) is 0 Å². The van der Waals surface area contributed by atoms with Crippen molar-refractivity contribution in [2.75, 3.05) is 19.8 Å². The van der Waals surface area contributed by atoms with Crippen molar-refractivity contribution in [2.24, 2.45) is 0 Å². The molecule has 0 bridgehead atoms. The van der Waals surface area contributed by atoms with Crippen LogP contribution in [0.2, 0.25) is 0 Å². The Morgan fingerprint density at radius 3 is 2.00 bits per heavy atom. The minimum atomic E-state index is 0.407. The van der Waals surface area contributed by atoms with Crippen LogP contribution in [0.25, 0.3) is 0 Å². The molecule has 0 rings (SSSR count). The van der Waals surface area contributed by atoms with Crippen LogP contribution in [0.4, 0.5) is 0 Å². The van der Waals surface area contributed by atoms with Crippen molar-refractivity contribution < 1.29 is 0 Å². The third-order valence-electron chi connectivity index (χ3n) is 1.64. The van der Waals surface area contributed by atoms with Gasteiger partial charge in [0.2, 0.25) is 0 Å². The third-order valence-corrected chi connectivity index (χ3v) is 3.15. The van der Waals surface area contributed by atoms with Crippen LogP contribution in [0, 0.1) is 0 Å². The average Bonchev–Trinajstić information content (AvgIpc) is 1.80. The van der Waals surface area contributed by atoms with E-state index >= 15 is 0 Å². The van der Waals surface area contributed by atoms with E-state index in [-0.39, 0.29) is 0 Å². The summed E-state index contributed by atoms with van der Waals surface area (Å²) < 4.78 is 0.407. The van der Waals surface area contributed by atoms with E-state index in [1.54, 1.807) is 0 Å². The van der Waals surface area contributed by atoms with E-state index in [2.05, 4.69) is 46.7 Å². The van der Waals surface area contributed by atoms with Gasteiger partial charge >= 0.3 is 0 Å². The Bertz CT molecular complexity index is 105. The first-order valence-electron chi connectivity index (χ1n) is 4.13. The summed E-state index contributed by atoms with van der Waals surface area (Å²) in [4.78, 5) is 2.26. The standard InChI is InChI=1S/C9H21NS/c1-8(10(5)6)7-11-9(2,3)4/h8H,7H2,1-6H3/t8-/m1/s1. The molecule has 0 aliphatic heterocycles. The summed E-state index contributed by atoms with van der Waals surface area (Å²) in [5.74, 6) is 1.22. The maximum absolute atomic E-state index is 2.26. The molecule has 0 saturated heterocycles. The van der Waals surface area contributed by atoms with E-state index in [9.17, 15) is 0 Å². The molecular formula is C9H21NS. The summed E-state index contributed by atoms with van der Waals surface area (Å²) in [6.07, 6.45) is 0. The summed E-state index contributed by atoms with van der Waals surface area (Å²) in [5, 5.41) is 0. The average molecular weight is 175 g/mol. The maximum atomic E-state index is 2.26. The molecule has 0 aromatic heterocycles. The van der Waals surface area contributed by atoms with Crippen molar-refractivity contribution in [1.29, 1.82) is 0 Å². The van der Waals surface area contributed by atoms with Crippen LogP contribution in [-0.4, -0.2) is 35.5 Å². The molecule has 0 aromatic rings. The number of thioether (sulfide) groups is 1. The number of hydrogen-bond donors (Lipinski definition) is 0. The van der Waals surface area contributed by atoms with E-state index in [1.807, 2.05) is 11.8 Å². The molecular weight excluding hydrogens is 154 g/mol. The highest BCUT2D eigenvalue weighted by Gasteiger charge is 2.13. The number of rotatable bonds is 3. The molecule has 0 aromatic carbocycles. The normalized spacial score (nSPS) is 15.5. The molecule has 11 heavy (non-hydrogen) atoms. The minimum Gasteiger partial charge on any atom is -0.306 e. The second-order valence-corrected chi connectivity index (χ2v) is 6.08. The Morgan fingerprint density at radius 1 is 1.27 bits per heavy atom. The largest absolute Gasteiger partial charge is 0.306 e. The van der Waals surface area contributed by atoms with Gasteiger partial charge in [-0.1, -0.05) is 20.8 Å². The topological polar surface area (TPSA) is 3.24 Å². The van der Waals surface area contributed by atoms with Crippen molar-refractivity contribution in [3.63, 3.8) is 0 Å². The van der Waals surface area contributed by atoms with Gasteiger partial charge in [-0.3, -0.25) is 0 Å². The fourth-order valence-corrected chi connectivity index (χ4v) is 1.56. The van der Waals surface area contributed by atoms with Crippen molar-refractivity contribution >= 4 is 11.8 Å². The predicted octanol–water partition coefficient (Wildman–Crippen LogP) is 2.47. The molecule has 0 heterocycles. The van der Waals surface area contributed by atoms with Crippen LogP contribution in [0.1, 0.15) is 27.7 Å². The van der Waals surface area contributed by atoms with Crippen molar-refractivity contribution in [3.05, 3.63) is 0 Å². The monoisotopic (exact) mass is 175 g/mol. The highest BCUT2D eigenvalue weighted by molar-refractivity contribution is 8.00. The lowest BCUT2D eigenvalue weighted by Crippen LogP contribution is -2.28.